The van der Waals surface area contributed by atoms with Crippen LogP contribution >= 0.6 is 15.9 Å². The van der Waals surface area contributed by atoms with E-state index in [1.807, 2.05) is 0 Å². The minimum Gasteiger partial charge on any atom is -0.0619 e. The van der Waals surface area contributed by atoms with Crippen molar-refractivity contribution in [1.29, 1.82) is 0 Å². The molecule has 0 nitrogen and oxygen atoms in total. The molecule has 0 aliphatic heterocycles. The second kappa shape index (κ2) is 6.54. The van der Waals surface area contributed by atoms with Crippen LogP contribution in [0.25, 0.3) is 33.4 Å². The van der Waals surface area contributed by atoms with Gasteiger partial charge in [-0.2, -0.15) is 0 Å². The van der Waals surface area contributed by atoms with Gasteiger partial charge >= 0.3 is 0 Å². The van der Waals surface area contributed by atoms with Gasteiger partial charge < -0.3 is 0 Å². The maximum atomic E-state index is 3.75. The molecule has 5 aromatic rings. The number of benzene rings is 5. The van der Waals surface area contributed by atoms with Crippen molar-refractivity contribution in [1.82, 2.24) is 0 Å². The van der Waals surface area contributed by atoms with E-state index >= 15 is 0 Å². The average Bonchev–Trinajstić information content (AvgIpc) is 3.31. The number of rotatable bonds is 1. The number of hydrogen-bond donors (Lipinski definition) is 0. The third-order valence-electron chi connectivity index (χ3n) is 7.18. The molecule has 0 amide bonds. The van der Waals surface area contributed by atoms with E-state index in [2.05, 4.69) is 131 Å². The molecule has 150 valence electrons. The van der Waals surface area contributed by atoms with Crippen LogP contribution in [0.15, 0.2) is 120 Å². The molecule has 0 radical (unpaired) electrons. The van der Waals surface area contributed by atoms with Crippen LogP contribution < -0.4 is 0 Å². The molecular weight excluding hydrogens is 452 g/mol. The minimum absolute atomic E-state index is 0.258. The Labute approximate surface area is 196 Å². The lowest BCUT2D eigenvalue weighted by atomic mass is 9.70. The number of hydrogen-bond acceptors (Lipinski definition) is 0. The lowest BCUT2D eigenvalue weighted by Gasteiger charge is -2.30. The van der Waals surface area contributed by atoms with Gasteiger partial charge in [0.15, 0.2) is 0 Å². The summed E-state index contributed by atoms with van der Waals surface area (Å²) >= 11 is 3.75. The molecule has 0 unspecified atom stereocenters. The Hall–Kier alpha value is -3.42. The second-order valence-corrected chi connectivity index (χ2v) is 9.48. The summed E-state index contributed by atoms with van der Waals surface area (Å²) in [6.07, 6.45) is 0. The summed E-state index contributed by atoms with van der Waals surface area (Å²) in [7, 11) is 0. The Morgan fingerprint density at radius 3 is 1.41 bits per heavy atom. The highest BCUT2D eigenvalue weighted by atomic mass is 79.9. The Balaban J connectivity index is 1.61. The minimum atomic E-state index is -0.258. The topological polar surface area (TPSA) is 0 Å². The number of fused-ring (bicyclic) bond motifs is 10. The quantitative estimate of drug-likeness (QED) is 0.225. The second-order valence-electron chi connectivity index (χ2n) is 8.63. The van der Waals surface area contributed by atoms with Crippen molar-refractivity contribution in [3.05, 3.63) is 142 Å². The van der Waals surface area contributed by atoms with Crippen molar-refractivity contribution >= 4 is 15.9 Å². The van der Waals surface area contributed by atoms with Gasteiger partial charge in [-0.15, -0.1) is 0 Å². The molecule has 1 spiro atoms. The first kappa shape index (κ1) is 18.2. The SMILES string of the molecule is Brc1ccccc1-c1ccc2c(c1)-c1ccccc1C21c2ccccc2-c2ccccc21. The van der Waals surface area contributed by atoms with Gasteiger partial charge in [-0.25, -0.2) is 0 Å². The summed E-state index contributed by atoms with van der Waals surface area (Å²) < 4.78 is 1.12. The molecule has 32 heavy (non-hydrogen) atoms. The van der Waals surface area contributed by atoms with Crippen LogP contribution in [0.3, 0.4) is 0 Å². The van der Waals surface area contributed by atoms with Gasteiger partial charge in [0.05, 0.1) is 5.41 Å². The fourth-order valence-corrected chi connectivity index (χ4v) is 6.48. The monoisotopic (exact) mass is 470 g/mol. The molecule has 0 saturated carbocycles. The van der Waals surface area contributed by atoms with E-state index in [1.54, 1.807) is 0 Å². The predicted molar refractivity (Wildman–Crippen MR) is 136 cm³/mol. The molecule has 1 heteroatoms. The molecule has 2 aliphatic carbocycles. The summed E-state index contributed by atoms with van der Waals surface area (Å²) in [6.45, 7) is 0. The fourth-order valence-electron chi connectivity index (χ4n) is 5.96. The first-order valence-electron chi connectivity index (χ1n) is 11.0. The maximum absolute atomic E-state index is 3.75. The summed E-state index contributed by atoms with van der Waals surface area (Å²) in [6, 6.07) is 42.3. The molecule has 5 aromatic carbocycles. The van der Waals surface area contributed by atoms with Crippen LogP contribution in [0.4, 0.5) is 0 Å². The van der Waals surface area contributed by atoms with Crippen LogP contribution in [0, 0.1) is 0 Å². The average molecular weight is 471 g/mol. The molecule has 0 heterocycles. The third kappa shape index (κ3) is 2.17. The molecule has 0 saturated heterocycles. The molecule has 7 rings (SSSR count). The van der Waals surface area contributed by atoms with Crippen molar-refractivity contribution in [2.24, 2.45) is 0 Å². The van der Waals surface area contributed by atoms with E-state index < -0.39 is 0 Å². The molecule has 0 aromatic heterocycles. The zero-order chi connectivity index (χ0) is 21.3. The molecule has 2 aliphatic rings. The van der Waals surface area contributed by atoms with Crippen LogP contribution in [-0.2, 0) is 5.41 Å². The Morgan fingerprint density at radius 2 is 0.844 bits per heavy atom. The van der Waals surface area contributed by atoms with Gasteiger partial charge in [0.1, 0.15) is 0 Å². The van der Waals surface area contributed by atoms with E-state index in [0.717, 1.165) is 4.47 Å². The van der Waals surface area contributed by atoms with E-state index in [-0.39, 0.29) is 5.41 Å². The van der Waals surface area contributed by atoms with Gasteiger partial charge in [-0.1, -0.05) is 119 Å². The van der Waals surface area contributed by atoms with Crippen LogP contribution in [-0.4, -0.2) is 0 Å². The van der Waals surface area contributed by atoms with E-state index in [4.69, 9.17) is 0 Å². The van der Waals surface area contributed by atoms with Crippen LogP contribution in [0.2, 0.25) is 0 Å². The van der Waals surface area contributed by atoms with Crippen molar-refractivity contribution in [2.75, 3.05) is 0 Å². The molecule has 0 bridgehead atoms. The highest BCUT2D eigenvalue weighted by Gasteiger charge is 2.51. The third-order valence-corrected chi connectivity index (χ3v) is 7.87. The van der Waals surface area contributed by atoms with Gasteiger partial charge in [0.2, 0.25) is 0 Å². The zero-order valence-corrected chi connectivity index (χ0v) is 18.9. The molecule has 0 atom stereocenters. The lowest BCUT2D eigenvalue weighted by molar-refractivity contribution is 0.794. The summed E-state index contributed by atoms with van der Waals surface area (Å²) in [5.41, 5.74) is 13.1. The molecular formula is C31H19Br. The largest absolute Gasteiger partial charge is 0.0725 e. The van der Waals surface area contributed by atoms with Gasteiger partial charge in [0, 0.05) is 4.47 Å². The van der Waals surface area contributed by atoms with Gasteiger partial charge in [-0.3, -0.25) is 0 Å². The van der Waals surface area contributed by atoms with Crippen LogP contribution in [0.1, 0.15) is 22.3 Å². The summed E-state index contributed by atoms with van der Waals surface area (Å²) in [4.78, 5) is 0. The summed E-state index contributed by atoms with van der Waals surface area (Å²) in [5.74, 6) is 0. The van der Waals surface area contributed by atoms with Crippen molar-refractivity contribution in [2.45, 2.75) is 5.41 Å². The zero-order valence-electron chi connectivity index (χ0n) is 17.3. The Bertz CT molecular complexity index is 1500. The van der Waals surface area contributed by atoms with E-state index in [1.165, 1.54) is 55.6 Å². The van der Waals surface area contributed by atoms with E-state index in [0.29, 0.717) is 0 Å². The summed E-state index contributed by atoms with van der Waals surface area (Å²) in [5, 5.41) is 0. The molecule has 0 N–H and O–H groups in total. The maximum Gasteiger partial charge on any atom is 0.0725 e. The van der Waals surface area contributed by atoms with Crippen LogP contribution in [0.5, 0.6) is 0 Å². The molecule has 0 fully saturated rings. The normalized spacial score (nSPS) is 14.0. The fraction of sp³-hybridized carbons (Fsp3) is 0.0323. The van der Waals surface area contributed by atoms with Crippen molar-refractivity contribution < 1.29 is 0 Å². The first-order valence-corrected chi connectivity index (χ1v) is 11.8. The lowest BCUT2D eigenvalue weighted by Crippen LogP contribution is -2.25. The number of halogens is 1. The Kier molecular flexibility index (Phi) is 3.72. The Morgan fingerprint density at radius 1 is 0.406 bits per heavy atom. The van der Waals surface area contributed by atoms with Crippen molar-refractivity contribution in [3.8, 4) is 33.4 Å². The van der Waals surface area contributed by atoms with Gasteiger partial charge in [-0.05, 0) is 67.8 Å². The first-order chi connectivity index (χ1) is 15.8. The van der Waals surface area contributed by atoms with Gasteiger partial charge in [0.25, 0.3) is 0 Å². The highest BCUT2D eigenvalue weighted by Crippen LogP contribution is 2.62. The van der Waals surface area contributed by atoms with Crippen molar-refractivity contribution in [3.63, 3.8) is 0 Å². The van der Waals surface area contributed by atoms with E-state index in [9.17, 15) is 0 Å². The smallest absolute Gasteiger partial charge is 0.0619 e. The highest BCUT2D eigenvalue weighted by molar-refractivity contribution is 9.10. The standard InChI is InChI=1S/C31H19Br/c32-30-16-8-4-9-21(30)20-17-18-29-25(19-20)24-12-3-7-15-28(24)31(29)26-13-5-1-10-22(26)23-11-2-6-14-27(23)31/h1-19H. The predicted octanol–water partition coefficient (Wildman–Crippen LogP) is 8.46.